The van der Waals surface area contributed by atoms with E-state index in [1.54, 1.807) is 42.5 Å². The van der Waals surface area contributed by atoms with Gasteiger partial charge in [0.2, 0.25) is 5.89 Å². The fraction of sp³-hybridized carbons (Fsp3) is 0.125. The predicted molar refractivity (Wildman–Crippen MR) is 102 cm³/mol. The second kappa shape index (κ2) is 7.90. The zero-order chi connectivity index (χ0) is 17.9. The van der Waals surface area contributed by atoms with Gasteiger partial charge in [-0.05, 0) is 42.5 Å². The standard InChI is InChI=1S/C16H12BrClN2O3S2/c17-12-4-6-14(7-5-12)25(21,22)9-8-24-16-20-19-15(23-16)11-2-1-3-13(18)10-11/h1-7,10H,8-9H2. The SMILES string of the molecule is O=S(=O)(CCSc1nnc(-c2cccc(Cl)c2)o1)c1ccc(Br)cc1. The molecule has 0 spiro atoms. The summed E-state index contributed by atoms with van der Waals surface area (Å²) in [7, 11) is -3.35. The number of thioether (sulfide) groups is 1. The highest BCUT2D eigenvalue weighted by Gasteiger charge is 2.16. The van der Waals surface area contributed by atoms with Gasteiger partial charge in [-0.2, -0.15) is 0 Å². The fourth-order valence-electron chi connectivity index (χ4n) is 2.00. The van der Waals surface area contributed by atoms with Gasteiger partial charge >= 0.3 is 0 Å². The minimum atomic E-state index is -3.35. The van der Waals surface area contributed by atoms with Crippen LogP contribution in [0.25, 0.3) is 11.5 Å². The first kappa shape index (κ1) is 18.4. The molecule has 0 bridgehead atoms. The molecule has 1 heterocycles. The highest BCUT2D eigenvalue weighted by molar-refractivity contribution is 9.10. The van der Waals surface area contributed by atoms with Gasteiger partial charge < -0.3 is 4.42 Å². The molecule has 0 saturated heterocycles. The number of aromatic nitrogens is 2. The molecule has 0 atom stereocenters. The van der Waals surface area contributed by atoms with Crippen molar-refractivity contribution >= 4 is 49.1 Å². The Morgan fingerprint density at radius 2 is 1.88 bits per heavy atom. The molecule has 9 heteroatoms. The second-order valence-corrected chi connectivity index (χ2v) is 9.51. The smallest absolute Gasteiger partial charge is 0.276 e. The first-order valence-corrected chi connectivity index (χ1v) is 11.0. The van der Waals surface area contributed by atoms with Crippen LogP contribution in [0.4, 0.5) is 0 Å². The van der Waals surface area contributed by atoms with E-state index in [0.29, 0.717) is 32.3 Å². The number of sulfone groups is 1. The van der Waals surface area contributed by atoms with Gasteiger partial charge in [-0.3, -0.25) is 0 Å². The highest BCUT2D eigenvalue weighted by atomic mass is 79.9. The maximum absolute atomic E-state index is 12.3. The summed E-state index contributed by atoms with van der Waals surface area (Å²) in [5, 5.41) is 8.78. The monoisotopic (exact) mass is 458 g/mol. The zero-order valence-corrected chi connectivity index (χ0v) is 16.7. The maximum atomic E-state index is 12.3. The Hall–Kier alpha value is -1.35. The van der Waals surface area contributed by atoms with E-state index in [-0.39, 0.29) is 5.75 Å². The van der Waals surface area contributed by atoms with Crippen molar-refractivity contribution in [2.75, 3.05) is 11.5 Å². The molecular weight excluding hydrogens is 448 g/mol. The number of hydrogen-bond donors (Lipinski definition) is 0. The third-order valence-electron chi connectivity index (χ3n) is 3.23. The lowest BCUT2D eigenvalue weighted by atomic mass is 10.2. The van der Waals surface area contributed by atoms with Crippen LogP contribution in [0.2, 0.25) is 5.02 Å². The normalized spacial score (nSPS) is 11.6. The molecule has 0 aliphatic rings. The second-order valence-electron chi connectivity index (χ2n) is 5.00. The fourth-order valence-corrected chi connectivity index (χ4v) is 4.87. The quantitative estimate of drug-likeness (QED) is 0.497. The molecule has 5 nitrogen and oxygen atoms in total. The molecule has 0 amide bonds. The molecular formula is C16H12BrClN2O3S2. The molecule has 3 rings (SSSR count). The Morgan fingerprint density at radius 1 is 1.12 bits per heavy atom. The van der Waals surface area contributed by atoms with E-state index < -0.39 is 9.84 Å². The summed E-state index contributed by atoms with van der Waals surface area (Å²) in [5.74, 6) is 0.643. The minimum Gasteiger partial charge on any atom is -0.411 e. The molecule has 1 aromatic heterocycles. The van der Waals surface area contributed by atoms with Crippen LogP contribution in [0.1, 0.15) is 0 Å². The lowest BCUT2D eigenvalue weighted by Crippen LogP contribution is -2.08. The van der Waals surface area contributed by atoms with Crippen LogP contribution in [0.3, 0.4) is 0 Å². The van der Waals surface area contributed by atoms with Crippen LogP contribution in [0.15, 0.2) is 67.5 Å². The molecule has 0 saturated carbocycles. The molecule has 0 fully saturated rings. The molecule has 0 N–H and O–H groups in total. The summed E-state index contributed by atoms with van der Waals surface area (Å²) in [4.78, 5) is 0.293. The molecule has 2 aromatic carbocycles. The van der Waals surface area contributed by atoms with E-state index in [1.165, 1.54) is 11.8 Å². The summed E-state index contributed by atoms with van der Waals surface area (Å²) >= 11 is 10.4. The Morgan fingerprint density at radius 3 is 2.60 bits per heavy atom. The van der Waals surface area contributed by atoms with Crippen molar-refractivity contribution in [1.82, 2.24) is 10.2 Å². The lowest BCUT2D eigenvalue weighted by molar-refractivity contribution is 0.466. The predicted octanol–water partition coefficient (Wildman–Crippen LogP) is 4.72. The summed E-state index contributed by atoms with van der Waals surface area (Å²) in [5.41, 5.74) is 0.717. The van der Waals surface area contributed by atoms with Crippen molar-refractivity contribution in [3.05, 3.63) is 58.0 Å². The molecule has 0 unspecified atom stereocenters. The topological polar surface area (TPSA) is 73.1 Å². The minimum absolute atomic E-state index is 0.0197. The van der Waals surface area contributed by atoms with Crippen LogP contribution < -0.4 is 0 Å². The van der Waals surface area contributed by atoms with Crippen LogP contribution >= 0.6 is 39.3 Å². The summed E-state index contributed by atoms with van der Waals surface area (Å²) in [6.07, 6.45) is 0. The summed E-state index contributed by atoms with van der Waals surface area (Å²) in [6.45, 7) is 0. The van der Waals surface area contributed by atoms with Gasteiger partial charge in [0.1, 0.15) is 0 Å². The van der Waals surface area contributed by atoms with Crippen molar-refractivity contribution in [3.63, 3.8) is 0 Å². The first-order chi connectivity index (χ1) is 11.9. The van der Waals surface area contributed by atoms with E-state index in [4.69, 9.17) is 16.0 Å². The number of nitrogens with zero attached hydrogens (tertiary/aromatic N) is 2. The van der Waals surface area contributed by atoms with Crippen LogP contribution in [0, 0.1) is 0 Å². The van der Waals surface area contributed by atoms with Gasteiger partial charge in [-0.1, -0.05) is 45.4 Å². The molecule has 0 radical (unpaired) electrons. The Balaban J connectivity index is 1.62. The van der Waals surface area contributed by atoms with E-state index in [2.05, 4.69) is 26.1 Å². The Bertz CT molecular complexity index is 975. The van der Waals surface area contributed by atoms with Gasteiger partial charge in [-0.25, -0.2) is 8.42 Å². The van der Waals surface area contributed by atoms with E-state index in [9.17, 15) is 8.42 Å². The summed E-state index contributed by atoms with van der Waals surface area (Å²) in [6, 6.07) is 13.6. The number of rotatable bonds is 6. The van der Waals surface area contributed by atoms with Crippen LogP contribution in [0.5, 0.6) is 0 Å². The van der Waals surface area contributed by atoms with Crippen molar-refractivity contribution in [3.8, 4) is 11.5 Å². The first-order valence-electron chi connectivity index (χ1n) is 7.15. The molecule has 130 valence electrons. The van der Waals surface area contributed by atoms with Crippen molar-refractivity contribution in [1.29, 1.82) is 0 Å². The zero-order valence-electron chi connectivity index (χ0n) is 12.7. The molecule has 0 aliphatic heterocycles. The maximum Gasteiger partial charge on any atom is 0.276 e. The highest BCUT2D eigenvalue weighted by Crippen LogP contribution is 2.25. The van der Waals surface area contributed by atoms with Gasteiger partial charge in [0.05, 0.1) is 10.6 Å². The van der Waals surface area contributed by atoms with E-state index >= 15 is 0 Å². The average Bonchev–Trinajstić information content (AvgIpc) is 3.04. The summed E-state index contributed by atoms with van der Waals surface area (Å²) < 4.78 is 31.0. The van der Waals surface area contributed by atoms with Crippen molar-refractivity contribution in [2.24, 2.45) is 0 Å². The number of hydrogen-bond acceptors (Lipinski definition) is 6. The van der Waals surface area contributed by atoms with Crippen LogP contribution in [-0.2, 0) is 9.84 Å². The van der Waals surface area contributed by atoms with Crippen molar-refractivity contribution in [2.45, 2.75) is 10.1 Å². The van der Waals surface area contributed by atoms with E-state index in [1.807, 2.05) is 6.07 Å². The van der Waals surface area contributed by atoms with E-state index in [0.717, 1.165) is 4.47 Å². The van der Waals surface area contributed by atoms with Gasteiger partial charge in [0.15, 0.2) is 9.84 Å². The molecule has 25 heavy (non-hydrogen) atoms. The Kier molecular flexibility index (Phi) is 5.83. The number of benzene rings is 2. The van der Waals surface area contributed by atoms with Gasteiger partial charge in [-0.15, -0.1) is 10.2 Å². The third-order valence-corrected chi connectivity index (χ3v) is 6.80. The molecule has 3 aromatic rings. The van der Waals surface area contributed by atoms with Crippen molar-refractivity contribution < 1.29 is 12.8 Å². The van der Waals surface area contributed by atoms with Gasteiger partial charge in [0.25, 0.3) is 5.22 Å². The molecule has 0 aliphatic carbocycles. The lowest BCUT2D eigenvalue weighted by Gasteiger charge is -2.03. The average molecular weight is 460 g/mol. The number of halogens is 2. The largest absolute Gasteiger partial charge is 0.411 e. The van der Waals surface area contributed by atoms with Gasteiger partial charge in [0, 0.05) is 20.8 Å². The third kappa shape index (κ3) is 4.84. The Labute approximate surface area is 162 Å². The van der Waals surface area contributed by atoms with Crippen LogP contribution in [-0.4, -0.2) is 30.1 Å².